The smallest absolute Gasteiger partial charge is 0.293 e. The van der Waals surface area contributed by atoms with Gasteiger partial charge >= 0.3 is 0 Å². The third kappa shape index (κ3) is 4.17. The first-order valence-electron chi connectivity index (χ1n) is 10.7. The fourth-order valence-electron chi connectivity index (χ4n) is 3.96. The summed E-state index contributed by atoms with van der Waals surface area (Å²) in [5, 5.41) is 2.74. The second-order valence-corrected chi connectivity index (χ2v) is 8.23. The molecule has 170 valence electrons. The van der Waals surface area contributed by atoms with Crippen LogP contribution in [0.5, 0.6) is 0 Å². The average Bonchev–Trinajstić information content (AvgIpc) is 3.37. The van der Waals surface area contributed by atoms with Crippen LogP contribution in [0.15, 0.2) is 41.2 Å². The van der Waals surface area contributed by atoms with Gasteiger partial charge in [-0.2, -0.15) is 0 Å². The Hall–Kier alpha value is -3.79. The van der Waals surface area contributed by atoms with E-state index in [1.165, 1.54) is 12.1 Å². The normalized spacial score (nSPS) is 14.7. The van der Waals surface area contributed by atoms with Crippen LogP contribution in [0.4, 0.5) is 15.8 Å². The number of carbonyl (C=O) groups excluding carboxylic acids is 1. The Morgan fingerprint density at radius 3 is 2.64 bits per heavy atom. The zero-order valence-electron chi connectivity index (χ0n) is 18.7. The van der Waals surface area contributed by atoms with Crippen molar-refractivity contribution in [1.29, 1.82) is 0 Å². The summed E-state index contributed by atoms with van der Waals surface area (Å²) in [6.07, 6.45) is 5.50. The summed E-state index contributed by atoms with van der Waals surface area (Å²) in [4.78, 5) is 30.2. The Labute approximate surface area is 189 Å². The van der Waals surface area contributed by atoms with Crippen molar-refractivity contribution in [2.24, 2.45) is 0 Å². The van der Waals surface area contributed by atoms with Crippen molar-refractivity contribution < 1.29 is 13.6 Å². The molecule has 1 aliphatic rings. The van der Waals surface area contributed by atoms with E-state index >= 15 is 0 Å². The standard InChI is InChI=1S/C23H24FN7O2/c1-14-21(33-15(2)26-14)22(32)27-16-4-5-19(24)18(10-16)20-13-31-12-17(11-25-23(31)28-20)30-8-6-29(3)7-9-30/h4-5,10-13H,6-9H2,1-3H3,(H,27,32). The predicted molar refractivity (Wildman–Crippen MR) is 122 cm³/mol. The lowest BCUT2D eigenvalue weighted by Crippen LogP contribution is -2.44. The number of carbonyl (C=O) groups is 1. The topological polar surface area (TPSA) is 91.8 Å². The molecule has 0 bridgehead atoms. The minimum atomic E-state index is -0.445. The number of hydrogen-bond donors (Lipinski definition) is 1. The van der Waals surface area contributed by atoms with Crippen LogP contribution in [0.1, 0.15) is 22.1 Å². The van der Waals surface area contributed by atoms with Gasteiger partial charge in [-0.25, -0.2) is 19.3 Å². The van der Waals surface area contributed by atoms with E-state index in [9.17, 15) is 9.18 Å². The lowest BCUT2D eigenvalue weighted by molar-refractivity contribution is 0.0994. The summed E-state index contributed by atoms with van der Waals surface area (Å²) in [5.41, 5.74) is 2.62. The number of aryl methyl sites for hydroxylation is 2. The number of fused-ring (bicyclic) bond motifs is 1. The van der Waals surface area contributed by atoms with Crippen molar-refractivity contribution in [3.05, 3.63) is 60.0 Å². The number of benzene rings is 1. The molecule has 0 aliphatic carbocycles. The minimum absolute atomic E-state index is 0.131. The molecule has 0 unspecified atom stereocenters. The second-order valence-electron chi connectivity index (χ2n) is 8.23. The summed E-state index contributed by atoms with van der Waals surface area (Å²) in [7, 11) is 2.11. The van der Waals surface area contributed by atoms with Gasteiger partial charge in [-0.05, 0) is 32.2 Å². The van der Waals surface area contributed by atoms with E-state index in [4.69, 9.17) is 4.42 Å². The van der Waals surface area contributed by atoms with E-state index in [1.807, 2.05) is 6.20 Å². The van der Waals surface area contributed by atoms with Crippen LogP contribution in [0, 0.1) is 19.7 Å². The molecule has 9 nitrogen and oxygen atoms in total. The lowest BCUT2D eigenvalue weighted by atomic mass is 10.1. The summed E-state index contributed by atoms with van der Waals surface area (Å²) in [6.45, 7) is 7.19. The van der Waals surface area contributed by atoms with E-state index in [0.717, 1.165) is 31.9 Å². The number of amides is 1. The molecule has 0 spiro atoms. The maximum absolute atomic E-state index is 14.7. The number of likely N-dealkylation sites (N-methyl/N-ethyl adjacent to an activating group) is 1. The SMILES string of the molecule is Cc1nc(C)c(C(=O)Nc2ccc(F)c(-c3cn4cc(N5CCN(C)CC5)cnc4n3)c2)o1. The fraction of sp³-hybridized carbons (Fsp3) is 0.304. The number of piperazine rings is 1. The third-order valence-corrected chi connectivity index (χ3v) is 5.77. The number of imidazole rings is 1. The highest BCUT2D eigenvalue weighted by molar-refractivity contribution is 6.03. The Morgan fingerprint density at radius 1 is 1.12 bits per heavy atom. The van der Waals surface area contributed by atoms with Crippen molar-refractivity contribution in [3.8, 4) is 11.3 Å². The lowest BCUT2D eigenvalue weighted by Gasteiger charge is -2.33. The van der Waals surface area contributed by atoms with Gasteiger partial charge in [0.05, 0.1) is 23.3 Å². The fourth-order valence-corrected chi connectivity index (χ4v) is 3.96. The molecule has 33 heavy (non-hydrogen) atoms. The molecule has 3 aromatic heterocycles. The van der Waals surface area contributed by atoms with E-state index in [2.05, 4.69) is 37.1 Å². The maximum atomic E-state index is 14.7. The third-order valence-electron chi connectivity index (χ3n) is 5.77. The molecule has 4 aromatic rings. The average molecular weight is 449 g/mol. The van der Waals surface area contributed by atoms with Crippen LogP contribution >= 0.6 is 0 Å². The Bertz CT molecular complexity index is 1340. The van der Waals surface area contributed by atoms with Crippen LogP contribution in [-0.4, -0.2) is 63.4 Å². The molecule has 1 aliphatic heterocycles. The molecular weight excluding hydrogens is 425 g/mol. The van der Waals surface area contributed by atoms with Crippen molar-refractivity contribution in [3.63, 3.8) is 0 Å². The molecule has 1 saturated heterocycles. The van der Waals surface area contributed by atoms with Gasteiger partial charge in [-0.3, -0.25) is 9.20 Å². The molecule has 1 amide bonds. The van der Waals surface area contributed by atoms with E-state index < -0.39 is 11.7 Å². The van der Waals surface area contributed by atoms with Gasteiger partial charge in [0, 0.05) is 56.7 Å². The molecule has 0 saturated carbocycles. The van der Waals surface area contributed by atoms with Crippen LogP contribution in [-0.2, 0) is 0 Å². The number of nitrogens with zero attached hydrogens (tertiary/aromatic N) is 6. The Morgan fingerprint density at radius 2 is 1.91 bits per heavy atom. The molecule has 1 aromatic carbocycles. The van der Waals surface area contributed by atoms with Gasteiger partial charge in [0.1, 0.15) is 5.82 Å². The van der Waals surface area contributed by atoms with Crippen molar-refractivity contribution in [1.82, 2.24) is 24.3 Å². The largest absolute Gasteiger partial charge is 0.436 e. The van der Waals surface area contributed by atoms with Gasteiger partial charge in [0.15, 0.2) is 5.89 Å². The highest BCUT2D eigenvalue weighted by Gasteiger charge is 2.19. The molecule has 1 fully saturated rings. The zero-order chi connectivity index (χ0) is 23.1. The van der Waals surface area contributed by atoms with Crippen molar-refractivity contribution >= 4 is 23.1 Å². The van der Waals surface area contributed by atoms with Crippen molar-refractivity contribution in [2.75, 3.05) is 43.4 Å². The number of aromatic nitrogens is 4. The van der Waals surface area contributed by atoms with E-state index in [0.29, 0.717) is 28.7 Å². The van der Waals surface area contributed by atoms with E-state index in [1.54, 1.807) is 36.7 Å². The predicted octanol–water partition coefficient (Wildman–Crippen LogP) is 3.14. The van der Waals surface area contributed by atoms with Gasteiger partial charge in [-0.15, -0.1) is 0 Å². The number of nitrogens with one attached hydrogen (secondary N) is 1. The summed E-state index contributed by atoms with van der Waals surface area (Å²) >= 11 is 0. The number of halogens is 1. The second kappa shape index (κ2) is 8.28. The molecule has 10 heteroatoms. The molecule has 0 atom stereocenters. The molecular formula is C23H24FN7O2. The Balaban J connectivity index is 1.42. The zero-order valence-corrected chi connectivity index (χ0v) is 18.7. The highest BCUT2D eigenvalue weighted by Crippen LogP contribution is 2.27. The summed E-state index contributed by atoms with van der Waals surface area (Å²) in [6, 6.07) is 4.35. The van der Waals surface area contributed by atoms with Gasteiger partial charge in [-0.1, -0.05) is 0 Å². The number of rotatable bonds is 4. The van der Waals surface area contributed by atoms with Crippen LogP contribution < -0.4 is 10.2 Å². The van der Waals surface area contributed by atoms with Crippen LogP contribution in [0.2, 0.25) is 0 Å². The number of anilines is 2. The maximum Gasteiger partial charge on any atom is 0.293 e. The first-order chi connectivity index (χ1) is 15.9. The summed E-state index contributed by atoms with van der Waals surface area (Å²) < 4.78 is 21.9. The summed E-state index contributed by atoms with van der Waals surface area (Å²) in [5.74, 6) is 0.128. The molecule has 4 heterocycles. The number of hydrogen-bond acceptors (Lipinski definition) is 7. The number of oxazole rings is 1. The minimum Gasteiger partial charge on any atom is -0.436 e. The van der Waals surface area contributed by atoms with Gasteiger partial charge < -0.3 is 19.5 Å². The van der Waals surface area contributed by atoms with E-state index in [-0.39, 0.29) is 11.3 Å². The first kappa shape index (κ1) is 21.1. The van der Waals surface area contributed by atoms with Gasteiger partial charge in [0.25, 0.3) is 5.91 Å². The highest BCUT2D eigenvalue weighted by atomic mass is 19.1. The molecule has 5 rings (SSSR count). The van der Waals surface area contributed by atoms with Crippen LogP contribution in [0.25, 0.3) is 17.0 Å². The quantitative estimate of drug-likeness (QED) is 0.512. The molecule has 0 radical (unpaired) electrons. The van der Waals surface area contributed by atoms with Gasteiger partial charge in [0.2, 0.25) is 11.5 Å². The molecule has 1 N–H and O–H groups in total. The monoisotopic (exact) mass is 449 g/mol. The first-order valence-corrected chi connectivity index (χ1v) is 10.7. The van der Waals surface area contributed by atoms with Crippen molar-refractivity contribution in [2.45, 2.75) is 13.8 Å². The van der Waals surface area contributed by atoms with Crippen LogP contribution in [0.3, 0.4) is 0 Å². The Kier molecular flexibility index (Phi) is 5.29.